The summed E-state index contributed by atoms with van der Waals surface area (Å²) in [6.07, 6.45) is -2.73. The number of alkyl halides is 3. The van der Waals surface area contributed by atoms with Crippen molar-refractivity contribution >= 4 is 34.4 Å². The predicted octanol–water partition coefficient (Wildman–Crippen LogP) is 4.77. The number of ether oxygens (including phenoxy) is 1. The lowest BCUT2D eigenvalue weighted by Crippen LogP contribution is -2.49. The molecule has 4 aromatic rings. The molecule has 0 bridgehead atoms. The largest absolute Gasteiger partial charge is 0.416 e. The van der Waals surface area contributed by atoms with E-state index in [0.717, 1.165) is 36.2 Å². The fourth-order valence-corrected chi connectivity index (χ4v) is 4.41. The van der Waals surface area contributed by atoms with Gasteiger partial charge < -0.3 is 15.4 Å². The number of amides is 2. The van der Waals surface area contributed by atoms with Gasteiger partial charge in [-0.3, -0.25) is 5.01 Å². The van der Waals surface area contributed by atoms with Crippen LogP contribution in [0.25, 0.3) is 22.3 Å². The van der Waals surface area contributed by atoms with Gasteiger partial charge in [0.2, 0.25) is 5.95 Å². The highest BCUT2D eigenvalue weighted by molar-refractivity contribution is 6.00. The highest BCUT2D eigenvalue weighted by atomic mass is 19.4. The molecule has 204 valence electrons. The first kappa shape index (κ1) is 26.4. The van der Waals surface area contributed by atoms with Crippen molar-refractivity contribution in [1.29, 1.82) is 0 Å². The first-order valence-corrected chi connectivity index (χ1v) is 12.4. The minimum atomic E-state index is -4.50. The quantitative estimate of drug-likeness (QED) is 0.364. The highest BCUT2D eigenvalue weighted by Crippen LogP contribution is 2.31. The number of hydrogen-bond acceptors (Lipinski definition) is 7. The number of halogens is 3. The van der Waals surface area contributed by atoms with Gasteiger partial charge in [0.1, 0.15) is 5.69 Å². The molecule has 3 heterocycles. The van der Waals surface area contributed by atoms with Crippen LogP contribution in [0.5, 0.6) is 0 Å². The molecule has 1 saturated heterocycles. The van der Waals surface area contributed by atoms with E-state index < -0.39 is 17.8 Å². The molecular formula is C26H27F3N8O2. The van der Waals surface area contributed by atoms with E-state index in [4.69, 9.17) is 9.72 Å². The van der Waals surface area contributed by atoms with Crippen molar-refractivity contribution in [3.8, 4) is 11.3 Å². The molecule has 1 aliphatic rings. The molecule has 1 aliphatic heterocycles. The predicted molar refractivity (Wildman–Crippen MR) is 141 cm³/mol. The van der Waals surface area contributed by atoms with E-state index in [-0.39, 0.29) is 5.69 Å². The van der Waals surface area contributed by atoms with E-state index in [2.05, 4.69) is 25.7 Å². The van der Waals surface area contributed by atoms with Crippen LogP contribution in [0.4, 0.5) is 35.3 Å². The molecule has 13 heteroatoms. The zero-order chi connectivity index (χ0) is 27.6. The number of benzene rings is 2. The molecule has 0 atom stereocenters. The molecule has 2 N–H and O–H groups in total. The number of hydrazine groups is 1. The van der Waals surface area contributed by atoms with E-state index >= 15 is 0 Å². The summed E-state index contributed by atoms with van der Waals surface area (Å²) in [6.45, 7) is 5.62. The molecule has 2 aromatic carbocycles. The Morgan fingerprint density at radius 2 is 1.79 bits per heavy atom. The average molecular weight is 541 g/mol. The molecule has 5 rings (SSSR count). The molecule has 0 spiro atoms. The number of aryl methyl sites for hydroxylation is 1. The molecule has 39 heavy (non-hydrogen) atoms. The fourth-order valence-electron chi connectivity index (χ4n) is 4.41. The number of carbonyl (C=O) groups is 1. The summed E-state index contributed by atoms with van der Waals surface area (Å²) >= 11 is 0. The van der Waals surface area contributed by atoms with Gasteiger partial charge >= 0.3 is 12.2 Å². The average Bonchev–Trinajstić information content (AvgIpc) is 3.25. The van der Waals surface area contributed by atoms with Crippen molar-refractivity contribution in [2.75, 3.05) is 48.5 Å². The number of anilines is 3. The molecule has 0 aliphatic carbocycles. The number of urea groups is 1. The van der Waals surface area contributed by atoms with Crippen molar-refractivity contribution in [3.63, 3.8) is 0 Å². The Morgan fingerprint density at radius 1 is 1.08 bits per heavy atom. The minimum Gasteiger partial charge on any atom is -0.379 e. The van der Waals surface area contributed by atoms with Crippen molar-refractivity contribution < 1.29 is 22.7 Å². The van der Waals surface area contributed by atoms with Crippen LogP contribution in [-0.4, -0.2) is 63.6 Å². The van der Waals surface area contributed by atoms with Gasteiger partial charge in [-0.15, -0.1) is 0 Å². The number of hydrogen-bond donors (Lipinski definition) is 2. The van der Waals surface area contributed by atoms with Gasteiger partial charge in [-0.25, -0.2) is 19.5 Å². The third kappa shape index (κ3) is 5.78. The van der Waals surface area contributed by atoms with Crippen LogP contribution in [0.15, 0.2) is 54.7 Å². The summed E-state index contributed by atoms with van der Waals surface area (Å²) in [7, 11) is 1.82. The molecule has 2 aromatic heterocycles. The van der Waals surface area contributed by atoms with E-state index in [1.54, 1.807) is 35.1 Å². The molecule has 0 radical (unpaired) electrons. The van der Waals surface area contributed by atoms with Gasteiger partial charge in [0.25, 0.3) is 0 Å². The number of nitrogens with zero attached hydrogens (tertiary/aromatic N) is 6. The normalized spacial score (nSPS) is 14.4. The zero-order valence-electron chi connectivity index (χ0n) is 21.4. The zero-order valence-corrected chi connectivity index (χ0v) is 21.4. The van der Waals surface area contributed by atoms with Crippen LogP contribution < -0.4 is 15.6 Å². The van der Waals surface area contributed by atoms with E-state index in [1.807, 2.05) is 19.0 Å². The van der Waals surface area contributed by atoms with Crippen LogP contribution in [-0.2, 0) is 18.0 Å². The second-order valence-corrected chi connectivity index (χ2v) is 8.90. The first-order valence-electron chi connectivity index (χ1n) is 12.4. The summed E-state index contributed by atoms with van der Waals surface area (Å²) in [6, 6.07) is 10.7. The van der Waals surface area contributed by atoms with Crippen molar-refractivity contribution in [2.45, 2.75) is 13.1 Å². The van der Waals surface area contributed by atoms with Crippen LogP contribution in [0.1, 0.15) is 12.5 Å². The molecular weight excluding hydrogens is 513 g/mol. The summed E-state index contributed by atoms with van der Waals surface area (Å²) in [5.41, 5.74) is 1.82. The molecule has 0 unspecified atom stereocenters. The molecule has 0 saturated carbocycles. The Kier molecular flexibility index (Phi) is 7.35. The monoisotopic (exact) mass is 540 g/mol. The van der Waals surface area contributed by atoms with E-state index in [9.17, 15) is 18.0 Å². The number of aromatic nitrogens is 4. The lowest BCUT2D eigenvalue weighted by atomic mass is 10.1. The van der Waals surface area contributed by atoms with E-state index in [1.165, 1.54) is 12.1 Å². The number of carbonyl (C=O) groups excluding carboxylic acids is 1. The van der Waals surface area contributed by atoms with Crippen LogP contribution >= 0.6 is 0 Å². The smallest absolute Gasteiger partial charge is 0.379 e. The summed E-state index contributed by atoms with van der Waals surface area (Å²) in [5.74, 6) is 0.591. The standard InChI is InChI=1S/C26H27F3N8O2/c1-3-37(36-11-13-39-14-12-36)24-30-16-21-22(34-35(2)23(21)33-24)17-7-9-19(10-8-17)31-25(38)32-20-6-4-5-18(15-20)26(27,28)29/h4-10,15-16H,3,11-14H2,1-2H3,(H2,31,32,38). The Balaban J connectivity index is 1.31. The number of nitrogens with one attached hydrogen (secondary N) is 2. The second kappa shape index (κ2) is 10.9. The van der Waals surface area contributed by atoms with Gasteiger partial charge in [0.05, 0.1) is 24.2 Å². The molecule has 1 fully saturated rings. The maximum Gasteiger partial charge on any atom is 0.416 e. The fraction of sp³-hybridized carbons (Fsp3) is 0.308. The van der Waals surface area contributed by atoms with Crippen molar-refractivity contribution in [1.82, 2.24) is 24.8 Å². The summed E-state index contributed by atoms with van der Waals surface area (Å²) in [5, 5.41) is 14.7. The third-order valence-electron chi connectivity index (χ3n) is 6.29. The number of fused-ring (bicyclic) bond motifs is 1. The molecule has 10 nitrogen and oxygen atoms in total. The SMILES string of the molecule is CCN(c1ncc2c(-c3ccc(NC(=O)Nc4cccc(C(F)(F)F)c4)cc3)nn(C)c2n1)N1CCOCC1. The summed E-state index contributed by atoms with van der Waals surface area (Å²) in [4.78, 5) is 21.7. The highest BCUT2D eigenvalue weighted by Gasteiger charge is 2.30. The topological polar surface area (TPSA) is 100 Å². The maximum absolute atomic E-state index is 12.9. The van der Waals surface area contributed by atoms with Crippen molar-refractivity contribution in [2.24, 2.45) is 7.05 Å². The number of rotatable bonds is 6. The Morgan fingerprint density at radius 3 is 2.49 bits per heavy atom. The Hall–Kier alpha value is -4.23. The van der Waals surface area contributed by atoms with Crippen LogP contribution in [0.3, 0.4) is 0 Å². The number of morpholine rings is 1. The van der Waals surface area contributed by atoms with Gasteiger partial charge in [0, 0.05) is 49.8 Å². The second-order valence-electron chi connectivity index (χ2n) is 8.90. The van der Waals surface area contributed by atoms with Gasteiger partial charge in [-0.2, -0.15) is 23.3 Å². The Bertz CT molecular complexity index is 1470. The van der Waals surface area contributed by atoms with Gasteiger partial charge in [-0.05, 0) is 37.3 Å². The molecule has 2 amide bonds. The maximum atomic E-state index is 12.9. The van der Waals surface area contributed by atoms with Crippen LogP contribution in [0, 0.1) is 0 Å². The van der Waals surface area contributed by atoms with Gasteiger partial charge in [-0.1, -0.05) is 18.2 Å². The van der Waals surface area contributed by atoms with Crippen molar-refractivity contribution in [3.05, 3.63) is 60.3 Å². The Labute approximate surface area is 222 Å². The van der Waals surface area contributed by atoms with Gasteiger partial charge in [0.15, 0.2) is 5.65 Å². The van der Waals surface area contributed by atoms with Crippen LogP contribution in [0.2, 0.25) is 0 Å². The minimum absolute atomic E-state index is 0.0357. The lowest BCUT2D eigenvalue weighted by molar-refractivity contribution is -0.137. The van der Waals surface area contributed by atoms with E-state index in [0.29, 0.717) is 42.7 Å². The third-order valence-corrected chi connectivity index (χ3v) is 6.29. The lowest BCUT2D eigenvalue weighted by Gasteiger charge is -2.36. The first-order chi connectivity index (χ1) is 18.7. The summed E-state index contributed by atoms with van der Waals surface area (Å²) < 4.78 is 45.9.